The zero-order valence-corrected chi connectivity index (χ0v) is 12.2. The lowest BCUT2D eigenvalue weighted by Crippen LogP contribution is -2.48. The van der Waals surface area contributed by atoms with Crippen molar-refractivity contribution in [3.63, 3.8) is 0 Å². The fraction of sp³-hybridized carbons (Fsp3) is 0.562. The average molecular weight is 260 g/mol. The monoisotopic (exact) mass is 260 g/mol. The minimum absolute atomic E-state index is 0.194. The smallest absolute Gasteiger partial charge is 0.254 e. The van der Waals surface area contributed by atoms with Gasteiger partial charge >= 0.3 is 0 Å². The molecule has 1 heterocycles. The van der Waals surface area contributed by atoms with Crippen LogP contribution in [0, 0.1) is 0 Å². The molecule has 1 aliphatic heterocycles. The van der Waals surface area contributed by atoms with Crippen LogP contribution in [0.15, 0.2) is 24.3 Å². The second-order valence-corrected chi connectivity index (χ2v) is 5.47. The van der Waals surface area contributed by atoms with Crippen LogP contribution >= 0.6 is 0 Å². The highest BCUT2D eigenvalue weighted by atomic mass is 16.2. The molecule has 0 atom stereocenters. The van der Waals surface area contributed by atoms with Crippen molar-refractivity contribution in [2.45, 2.75) is 26.7 Å². The van der Waals surface area contributed by atoms with Crippen molar-refractivity contribution in [2.75, 3.05) is 32.7 Å². The zero-order chi connectivity index (χ0) is 13.8. The number of carbonyl (C=O) groups is 1. The highest BCUT2D eigenvalue weighted by Crippen LogP contribution is 2.21. The molecule has 1 amide bonds. The number of carbonyl (C=O) groups excluding carboxylic acids is 1. The van der Waals surface area contributed by atoms with E-state index in [1.54, 1.807) is 0 Å². The Morgan fingerprint density at radius 3 is 2.37 bits per heavy atom. The Hall–Kier alpha value is -1.35. The number of benzene rings is 1. The van der Waals surface area contributed by atoms with E-state index in [0.29, 0.717) is 5.92 Å². The Labute approximate surface area is 116 Å². The Bertz CT molecular complexity index is 434. The van der Waals surface area contributed by atoms with Gasteiger partial charge in [-0.1, -0.05) is 39.0 Å². The highest BCUT2D eigenvalue weighted by Gasteiger charge is 2.23. The molecule has 1 aromatic rings. The minimum Gasteiger partial charge on any atom is -0.336 e. The fourth-order valence-corrected chi connectivity index (χ4v) is 2.63. The van der Waals surface area contributed by atoms with E-state index in [1.165, 1.54) is 0 Å². The molecular weight excluding hydrogens is 236 g/mol. The predicted molar refractivity (Wildman–Crippen MR) is 78.5 cm³/mol. The third-order valence-corrected chi connectivity index (χ3v) is 3.92. The van der Waals surface area contributed by atoms with Gasteiger partial charge < -0.3 is 9.80 Å². The molecule has 0 N–H and O–H groups in total. The van der Waals surface area contributed by atoms with Gasteiger partial charge in [-0.05, 0) is 24.1 Å². The maximum atomic E-state index is 12.6. The van der Waals surface area contributed by atoms with Crippen LogP contribution in [0.2, 0.25) is 0 Å². The van der Waals surface area contributed by atoms with Gasteiger partial charge in [-0.15, -0.1) is 0 Å². The molecule has 3 nitrogen and oxygen atoms in total. The Morgan fingerprint density at radius 1 is 1.16 bits per heavy atom. The molecule has 1 fully saturated rings. The number of piperazine rings is 1. The molecule has 3 heteroatoms. The molecule has 1 saturated heterocycles. The van der Waals surface area contributed by atoms with Gasteiger partial charge in [-0.3, -0.25) is 4.79 Å². The Morgan fingerprint density at radius 2 is 1.79 bits per heavy atom. The Balaban J connectivity index is 2.12. The summed E-state index contributed by atoms with van der Waals surface area (Å²) in [6.07, 6.45) is 0. The minimum atomic E-state index is 0.194. The van der Waals surface area contributed by atoms with Crippen LogP contribution in [-0.2, 0) is 0 Å². The van der Waals surface area contributed by atoms with Crippen LogP contribution in [0.25, 0.3) is 0 Å². The number of nitrogens with zero attached hydrogens (tertiary/aromatic N) is 2. The maximum Gasteiger partial charge on any atom is 0.254 e. The van der Waals surface area contributed by atoms with Gasteiger partial charge in [0, 0.05) is 31.7 Å². The molecule has 0 aromatic heterocycles. The summed E-state index contributed by atoms with van der Waals surface area (Å²) in [5.74, 6) is 0.581. The lowest BCUT2D eigenvalue weighted by atomic mass is 9.96. The summed E-state index contributed by atoms with van der Waals surface area (Å²) in [6.45, 7) is 11.2. The number of hydrogen-bond donors (Lipinski definition) is 0. The summed E-state index contributed by atoms with van der Waals surface area (Å²) < 4.78 is 0. The van der Waals surface area contributed by atoms with E-state index in [9.17, 15) is 4.79 Å². The Kier molecular flexibility index (Phi) is 4.59. The molecule has 19 heavy (non-hydrogen) atoms. The first-order valence-electron chi connectivity index (χ1n) is 7.24. The van der Waals surface area contributed by atoms with E-state index in [4.69, 9.17) is 0 Å². The van der Waals surface area contributed by atoms with E-state index in [0.717, 1.165) is 43.9 Å². The van der Waals surface area contributed by atoms with Crippen molar-refractivity contribution in [3.05, 3.63) is 35.4 Å². The van der Waals surface area contributed by atoms with Crippen molar-refractivity contribution in [2.24, 2.45) is 0 Å². The maximum absolute atomic E-state index is 12.6. The van der Waals surface area contributed by atoms with Crippen molar-refractivity contribution in [3.8, 4) is 0 Å². The summed E-state index contributed by atoms with van der Waals surface area (Å²) >= 11 is 0. The van der Waals surface area contributed by atoms with Gasteiger partial charge in [0.05, 0.1) is 0 Å². The van der Waals surface area contributed by atoms with Crippen LogP contribution < -0.4 is 0 Å². The molecule has 2 rings (SSSR count). The molecule has 1 aromatic carbocycles. The standard InChI is InChI=1S/C16H24N2O/c1-4-17-9-11-18(12-10-17)16(19)15-8-6-5-7-14(15)13(2)3/h5-8,13H,4,9-12H2,1-3H3. The van der Waals surface area contributed by atoms with E-state index in [1.807, 2.05) is 23.1 Å². The lowest BCUT2D eigenvalue weighted by Gasteiger charge is -2.34. The van der Waals surface area contributed by atoms with Crippen molar-refractivity contribution in [1.29, 1.82) is 0 Å². The highest BCUT2D eigenvalue weighted by molar-refractivity contribution is 5.96. The summed E-state index contributed by atoms with van der Waals surface area (Å²) in [6, 6.07) is 8.01. The van der Waals surface area contributed by atoms with E-state index in [2.05, 4.69) is 31.7 Å². The first-order chi connectivity index (χ1) is 9.13. The normalized spacial score (nSPS) is 16.9. The van der Waals surface area contributed by atoms with Crippen LogP contribution in [-0.4, -0.2) is 48.4 Å². The van der Waals surface area contributed by atoms with Crippen molar-refractivity contribution in [1.82, 2.24) is 9.80 Å². The van der Waals surface area contributed by atoms with Gasteiger partial charge in [-0.2, -0.15) is 0 Å². The van der Waals surface area contributed by atoms with Gasteiger partial charge in [0.25, 0.3) is 5.91 Å². The third-order valence-electron chi connectivity index (χ3n) is 3.92. The van der Waals surface area contributed by atoms with Crippen molar-refractivity contribution < 1.29 is 4.79 Å². The summed E-state index contributed by atoms with van der Waals surface area (Å²) in [5, 5.41) is 0. The molecule has 0 spiro atoms. The van der Waals surface area contributed by atoms with Gasteiger partial charge in [-0.25, -0.2) is 0 Å². The summed E-state index contributed by atoms with van der Waals surface area (Å²) in [7, 11) is 0. The second-order valence-electron chi connectivity index (χ2n) is 5.47. The van der Waals surface area contributed by atoms with Gasteiger partial charge in [0.1, 0.15) is 0 Å². The zero-order valence-electron chi connectivity index (χ0n) is 12.2. The van der Waals surface area contributed by atoms with Crippen LogP contribution in [0.3, 0.4) is 0 Å². The van der Waals surface area contributed by atoms with E-state index in [-0.39, 0.29) is 5.91 Å². The van der Waals surface area contributed by atoms with Crippen LogP contribution in [0.5, 0.6) is 0 Å². The largest absolute Gasteiger partial charge is 0.336 e. The van der Waals surface area contributed by atoms with Crippen LogP contribution in [0.4, 0.5) is 0 Å². The number of hydrogen-bond acceptors (Lipinski definition) is 2. The summed E-state index contributed by atoms with van der Waals surface area (Å²) in [4.78, 5) is 17.0. The molecule has 0 aliphatic carbocycles. The molecule has 104 valence electrons. The fourth-order valence-electron chi connectivity index (χ4n) is 2.63. The quantitative estimate of drug-likeness (QED) is 0.834. The van der Waals surface area contributed by atoms with Crippen molar-refractivity contribution >= 4 is 5.91 Å². The summed E-state index contributed by atoms with van der Waals surface area (Å²) in [5.41, 5.74) is 2.04. The topological polar surface area (TPSA) is 23.6 Å². The predicted octanol–water partition coefficient (Wildman–Crippen LogP) is 2.59. The first-order valence-corrected chi connectivity index (χ1v) is 7.24. The lowest BCUT2D eigenvalue weighted by molar-refractivity contribution is 0.0642. The van der Waals surface area contributed by atoms with Gasteiger partial charge in [0.15, 0.2) is 0 Å². The third kappa shape index (κ3) is 3.16. The van der Waals surface area contributed by atoms with Crippen LogP contribution in [0.1, 0.15) is 42.6 Å². The van der Waals surface area contributed by atoms with E-state index >= 15 is 0 Å². The first kappa shape index (κ1) is 14.1. The number of rotatable bonds is 3. The molecule has 0 radical (unpaired) electrons. The SMILES string of the molecule is CCN1CCN(C(=O)c2ccccc2C(C)C)CC1. The van der Waals surface area contributed by atoms with Gasteiger partial charge in [0.2, 0.25) is 0 Å². The molecule has 0 saturated carbocycles. The molecule has 0 unspecified atom stereocenters. The number of likely N-dealkylation sites (N-methyl/N-ethyl adjacent to an activating group) is 1. The average Bonchev–Trinajstić information content (AvgIpc) is 2.46. The van der Waals surface area contributed by atoms with E-state index < -0.39 is 0 Å². The molecule has 1 aliphatic rings. The molecular formula is C16H24N2O. The number of amides is 1. The molecule has 0 bridgehead atoms. The second kappa shape index (κ2) is 6.20.